The number of hydrogen-bond acceptors (Lipinski definition) is 12. The maximum atomic E-state index is 11.8. The van der Waals surface area contributed by atoms with Crippen LogP contribution in [0, 0.1) is 47.3 Å². The maximum Gasteiger partial charge on any atom is 0.307 e. The van der Waals surface area contributed by atoms with Gasteiger partial charge in [-0.2, -0.15) is 0 Å². The lowest BCUT2D eigenvalue weighted by Crippen LogP contribution is -2.29. The minimum Gasteiger partial charge on any atom is -0.460 e. The SMILES string of the molecule is CC(C)(C)OC(=O)C[C@@H]1C(=O)N[C@@H]2CCC[C@H]12.CC(C)(C)OC(=O)C[C@@H]1C(=O)N[C@H]2CCC[C@H]21.CC(C)(C)OC(=O)C[C@H]1C(=O)N[C@@H]2CCC[C@@H]21.CC(C)(C)OC(=O)C[C@H]1C(=O)N[C@H]2CCC[C@H]21. The Morgan fingerprint density at radius 1 is 0.353 bits per heavy atom. The molecule has 4 aliphatic carbocycles. The summed E-state index contributed by atoms with van der Waals surface area (Å²) in [6.07, 6.45) is 14.0. The molecule has 0 unspecified atom stereocenters. The van der Waals surface area contributed by atoms with Crippen LogP contribution in [0.2, 0.25) is 0 Å². The molecular formula is C52H84N4O12. The topological polar surface area (TPSA) is 222 Å². The third-order valence-corrected chi connectivity index (χ3v) is 14.2. The molecule has 0 aromatic carbocycles. The van der Waals surface area contributed by atoms with E-state index in [-0.39, 0.29) is 96.9 Å². The predicted molar refractivity (Wildman–Crippen MR) is 253 cm³/mol. The zero-order chi connectivity index (χ0) is 50.5. The second-order valence-electron chi connectivity index (χ2n) is 24.4. The highest BCUT2D eigenvalue weighted by molar-refractivity contribution is 5.88. The van der Waals surface area contributed by atoms with Gasteiger partial charge in [-0.05, 0) is 158 Å². The van der Waals surface area contributed by atoms with E-state index in [9.17, 15) is 38.4 Å². The molecule has 0 radical (unpaired) electrons. The standard InChI is InChI=1S/4C13H21NO3/c4*1-13(2,3)17-11(15)7-9-8-5-4-6-10(8)14-12(9)16/h4*8-10H,4-7H2,1-3H3,(H,14,16)/t2*8-,9+,10-;2*8-,9-,10-/m1010/s1. The van der Waals surface area contributed by atoms with E-state index in [4.69, 9.17) is 18.9 Å². The monoisotopic (exact) mass is 957 g/mol. The third kappa shape index (κ3) is 15.9. The number of hydrogen-bond donors (Lipinski definition) is 4. The molecule has 12 atom stereocenters. The van der Waals surface area contributed by atoms with Crippen LogP contribution in [0.1, 0.15) is 186 Å². The van der Waals surface area contributed by atoms with Crippen molar-refractivity contribution in [3.05, 3.63) is 0 Å². The normalized spacial score (nSPS) is 32.2. The molecule has 4 aliphatic heterocycles. The Labute approximate surface area is 404 Å². The Morgan fingerprint density at radius 3 is 0.691 bits per heavy atom. The van der Waals surface area contributed by atoms with Crippen molar-refractivity contribution in [1.29, 1.82) is 0 Å². The van der Waals surface area contributed by atoms with E-state index in [0.29, 0.717) is 47.8 Å². The Balaban J connectivity index is 0.000000169. The van der Waals surface area contributed by atoms with Gasteiger partial charge in [0.15, 0.2) is 0 Å². The molecule has 384 valence electrons. The van der Waals surface area contributed by atoms with Gasteiger partial charge in [0, 0.05) is 24.2 Å². The molecule has 0 bridgehead atoms. The van der Waals surface area contributed by atoms with Gasteiger partial charge in [-0.25, -0.2) is 0 Å². The van der Waals surface area contributed by atoms with Gasteiger partial charge < -0.3 is 40.2 Å². The maximum absolute atomic E-state index is 11.8. The first-order chi connectivity index (χ1) is 31.5. The van der Waals surface area contributed by atoms with E-state index in [1.54, 1.807) is 0 Å². The smallest absolute Gasteiger partial charge is 0.307 e. The number of ether oxygens (including phenoxy) is 4. The van der Waals surface area contributed by atoms with Gasteiger partial charge in [0.05, 0.1) is 49.4 Å². The highest BCUT2D eigenvalue weighted by Gasteiger charge is 2.49. The largest absolute Gasteiger partial charge is 0.460 e. The fourth-order valence-electron chi connectivity index (χ4n) is 11.8. The van der Waals surface area contributed by atoms with Crippen molar-refractivity contribution in [3.63, 3.8) is 0 Å². The number of esters is 4. The summed E-state index contributed by atoms with van der Waals surface area (Å²) in [6.45, 7) is 22.1. The molecule has 0 aromatic heterocycles. The predicted octanol–water partition coefficient (Wildman–Crippen LogP) is 6.53. The molecule has 8 rings (SSSR count). The number of carbonyl (C=O) groups excluding carboxylic acids is 8. The molecule has 68 heavy (non-hydrogen) atoms. The molecule has 4 heterocycles. The quantitative estimate of drug-likeness (QED) is 0.151. The summed E-state index contributed by atoms with van der Waals surface area (Å²) >= 11 is 0. The third-order valence-electron chi connectivity index (χ3n) is 14.2. The van der Waals surface area contributed by atoms with Crippen LogP contribution in [0.4, 0.5) is 0 Å². The van der Waals surface area contributed by atoms with Crippen LogP contribution in [-0.4, -0.2) is 94.1 Å². The number of fused-ring (bicyclic) bond motifs is 4. The zero-order valence-corrected chi connectivity index (χ0v) is 43.1. The van der Waals surface area contributed by atoms with Gasteiger partial charge in [-0.15, -0.1) is 0 Å². The zero-order valence-electron chi connectivity index (χ0n) is 43.1. The van der Waals surface area contributed by atoms with Crippen molar-refractivity contribution in [2.24, 2.45) is 47.3 Å². The van der Waals surface area contributed by atoms with Crippen molar-refractivity contribution in [2.45, 2.75) is 232 Å². The first-order valence-corrected chi connectivity index (χ1v) is 25.6. The first kappa shape index (κ1) is 54.7. The van der Waals surface area contributed by atoms with Crippen molar-refractivity contribution < 1.29 is 57.3 Å². The molecule has 0 aromatic rings. The summed E-state index contributed by atoms with van der Waals surface area (Å²) < 4.78 is 21.1. The fourth-order valence-corrected chi connectivity index (χ4v) is 11.8. The lowest BCUT2D eigenvalue weighted by molar-refractivity contribution is -0.158. The lowest BCUT2D eigenvalue weighted by atomic mass is 9.89. The summed E-state index contributed by atoms with van der Waals surface area (Å²) in [6, 6.07) is 1.20. The highest BCUT2D eigenvalue weighted by atomic mass is 16.6. The Hall–Kier alpha value is -4.24. The van der Waals surface area contributed by atoms with Gasteiger partial charge in [-0.1, -0.05) is 25.7 Å². The van der Waals surface area contributed by atoms with Crippen LogP contribution < -0.4 is 21.3 Å². The van der Waals surface area contributed by atoms with Crippen LogP contribution in [0.3, 0.4) is 0 Å². The lowest BCUT2D eigenvalue weighted by Gasteiger charge is -2.21. The first-order valence-electron chi connectivity index (χ1n) is 25.6. The number of nitrogens with one attached hydrogen (secondary N) is 4. The average molecular weight is 957 g/mol. The second kappa shape index (κ2) is 22.2. The van der Waals surface area contributed by atoms with Gasteiger partial charge >= 0.3 is 23.9 Å². The summed E-state index contributed by atoms with van der Waals surface area (Å²) in [5.74, 6) is -0.211. The molecule has 16 heteroatoms. The van der Waals surface area contributed by atoms with Gasteiger partial charge in [0.2, 0.25) is 23.6 Å². The Morgan fingerprint density at radius 2 is 0.529 bits per heavy atom. The van der Waals surface area contributed by atoms with Crippen molar-refractivity contribution in [1.82, 2.24) is 21.3 Å². The van der Waals surface area contributed by atoms with Gasteiger partial charge in [-0.3, -0.25) is 38.4 Å². The van der Waals surface area contributed by atoms with Crippen LogP contribution >= 0.6 is 0 Å². The molecule has 4 saturated carbocycles. The summed E-state index contributed by atoms with van der Waals surface area (Å²) in [5.41, 5.74) is -1.88. The van der Waals surface area contributed by atoms with E-state index < -0.39 is 22.4 Å². The van der Waals surface area contributed by atoms with Crippen LogP contribution in [0.25, 0.3) is 0 Å². The number of carbonyl (C=O) groups is 8. The Bertz CT molecular complexity index is 1590. The molecular weight excluding hydrogens is 873 g/mol. The van der Waals surface area contributed by atoms with Gasteiger partial charge in [0.1, 0.15) is 22.4 Å². The molecule has 16 nitrogen and oxygen atoms in total. The van der Waals surface area contributed by atoms with Crippen LogP contribution in [0.5, 0.6) is 0 Å². The van der Waals surface area contributed by atoms with E-state index in [0.717, 1.165) is 77.0 Å². The summed E-state index contributed by atoms with van der Waals surface area (Å²) in [4.78, 5) is 94.1. The highest BCUT2D eigenvalue weighted by Crippen LogP contribution is 2.42. The molecule has 4 amide bonds. The van der Waals surface area contributed by atoms with Crippen molar-refractivity contribution in [3.8, 4) is 0 Å². The van der Waals surface area contributed by atoms with Crippen molar-refractivity contribution >= 4 is 47.5 Å². The molecule has 0 spiro atoms. The van der Waals surface area contributed by atoms with Crippen LogP contribution in [0.15, 0.2) is 0 Å². The van der Waals surface area contributed by atoms with E-state index in [1.807, 2.05) is 83.1 Å². The average Bonchev–Trinajstić information content (AvgIpc) is 4.03. The van der Waals surface area contributed by atoms with Gasteiger partial charge in [0.25, 0.3) is 0 Å². The summed E-state index contributed by atoms with van der Waals surface area (Å²) in [5, 5.41) is 11.9. The Kier molecular flexibility index (Phi) is 17.9. The second-order valence-corrected chi connectivity index (χ2v) is 24.4. The minimum absolute atomic E-state index is 0.0329. The van der Waals surface area contributed by atoms with E-state index >= 15 is 0 Å². The minimum atomic E-state index is -0.471. The molecule has 8 fully saturated rings. The molecule has 4 N–H and O–H groups in total. The molecule has 8 aliphatic rings. The number of amides is 4. The van der Waals surface area contributed by atoms with E-state index in [2.05, 4.69) is 21.3 Å². The van der Waals surface area contributed by atoms with Crippen LogP contribution in [-0.2, 0) is 57.3 Å². The molecule has 4 saturated heterocycles. The van der Waals surface area contributed by atoms with Crippen molar-refractivity contribution in [2.75, 3.05) is 0 Å². The summed E-state index contributed by atoms with van der Waals surface area (Å²) in [7, 11) is 0. The number of rotatable bonds is 8. The fraction of sp³-hybridized carbons (Fsp3) is 0.846. The van der Waals surface area contributed by atoms with E-state index in [1.165, 1.54) is 0 Å².